The van der Waals surface area contributed by atoms with Crippen molar-refractivity contribution in [3.05, 3.63) is 112 Å². The Balaban J connectivity index is 0.000000566. The molecule has 0 saturated carbocycles. The molecule has 306 valence electrons. The van der Waals surface area contributed by atoms with Crippen LogP contribution in [0.15, 0.2) is 84.0 Å². The van der Waals surface area contributed by atoms with E-state index in [0.717, 1.165) is 11.6 Å². The molecule has 0 fully saturated rings. The molecule has 4 rings (SSSR count). The Morgan fingerprint density at radius 1 is 0.842 bits per heavy atom. The van der Waals surface area contributed by atoms with Gasteiger partial charge in [0.05, 0.1) is 55.6 Å². The summed E-state index contributed by atoms with van der Waals surface area (Å²) in [4.78, 5) is 37.8. The van der Waals surface area contributed by atoms with Crippen LogP contribution in [0, 0.1) is 5.82 Å². The number of phenols is 2. The zero-order valence-corrected chi connectivity index (χ0v) is 32.4. The lowest BCUT2D eigenvalue weighted by Gasteiger charge is -2.17. The molecule has 57 heavy (non-hydrogen) atoms. The number of thioether (sulfide) groups is 1. The summed E-state index contributed by atoms with van der Waals surface area (Å²) in [5, 5.41) is 43.3. The standard InChI is InChI=1S/C31H36FN3O8S.C9H10O4/c1-40-9-11-42-28-15-26(31(39)35-33-17-21-5-4-8-24(32)14-21)27(16-29(28)43-12-10-41-2)34-30(38)23-7-3-6-22(13-23)19-44-20-25(37)18-36;1-2-13-9(12)6-3-4-7(10)8(11)5-6/h3-8,13-17,25,36-37H,9-12,18-20H2,1-2H3,(H,34,38)(H,35,39);3-5,10-11H,2H2,1H3. The molecule has 0 bridgehead atoms. The number of ether oxygens (including phenoxy) is 5. The van der Waals surface area contributed by atoms with Gasteiger partial charge >= 0.3 is 5.97 Å². The number of phenolic OH excluding ortho intramolecular Hbond substituents is 2. The van der Waals surface area contributed by atoms with Crippen molar-refractivity contribution >= 4 is 41.4 Å². The molecule has 17 heteroatoms. The van der Waals surface area contributed by atoms with Gasteiger partial charge in [0.15, 0.2) is 23.0 Å². The highest BCUT2D eigenvalue weighted by Crippen LogP contribution is 2.34. The van der Waals surface area contributed by atoms with Crippen molar-refractivity contribution in [2.75, 3.05) is 64.9 Å². The summed E-state index contributed by atoms with van der Waals surface area (Å²) >= 11 is 1.42. The molecular formula is C40H46FN3O12S. The molecule has 0 spiro atoms. The molecule has 15 nitrogen and oxygen atoms in total. The number of nitrogens with one attached hydrogen (secondary N) is 2. The number of carbonyl (C=O) groups excluding carboxylic acids is 3. The second kappa shape index (κ2) is 24.7. The number of hydrazone groups is 1. The van der Waals surface area contributed by atoms with E-state index in [2.05, 4.69) is 15.8 Å². The number of amides is 2. The van der Waals surface area contributed by atoms with Gasteiger partial charge in [0, 0.05) is 37.4 Å². The molecule has 0 radical (unpaired) electrons. The van der Waals surface area contributed by atoms with Gasteiger partial charge in [-0.2, -0.15) is 16.9 Å². The highest BCUT2D eigenvalue weighted by atomic mass is 32.2. The second-order valence-corrected chi connectivity index (χ2v) is 12.7. The Hall–Kier alpha value is -5.72. The number of rotatable bonds is 20. The summed E-state index contributed by atoms with van der Waals surface area (Å²) in [6.45, 7) is 2.56. The molecule has 0 saturated heterocycles. The van der Waals surface area contributed by atoms with Crippen LogP contribution >= 0.6 is 11.8 Å². The Bertz CT molecular complexity index is 1950. The van der Waals surface area contributed by atoms with Crippen molar-refractivity contribution in [3.8, 4) is 23.0 Å². The first-order valence-electron chi connectivity index (χ1n) is 17.5. The summed E-state index contributed by atoms with van der Waals surface area (Å²) in [5.41, 5.74) is 4.40. The first-order valence-corrected chi connectivity index (χ1v) is 18.6. The van der Waals surface area contributed by atoms with Gasteiger partial charge in [0.25, 0.3) is 11.8 Å². The lowest BCUT2D eigenvalue weighted by atomic mass is 10.1. The molecule has 0 aromatic heterocycles. The first-order chi connectivity index (χ1) is 27.5. The van der Waals surface area contributed by atoms with Crippen LogP contribution in [0.5, 0.6) is 23.0 Å². The van der Waals surface area contributed by atoms with Crippen LogP contribution in [-0.2, 0) is 20.0 Å². The van der Waals surface area contributed by atoms with Crippen LogP contribution in [0.1, 0.15) is 49.1 Å². The van der Waals surface area contributed by atoms with Crippen LogP contribution < -0.4 is 20.2 Å². The van der Waals surface area contributed by atoms with Gasteiger partial charge < -0.3 is 49.4 Å². The van der Waals surface area contributed by atoms with E-state index in [1.165, 1.54) is 74.7 Å². The molecule has 0 aliphatic rings. The zero-order valence-electron chi connectivity index (χ0n) is 31.6. The SMILES string of the molecule is CCOC(=O)c1ccc(O)c(O)c1.COCCOc1cc(NC(=O)c2cccc(CSCC(O)CO)c2)c(C(=O)NN=Cc2cccc(F)c2)cc1OCCOC. The average Bonchev–Trinajstić information content (AvgIpc) is 3.20. The van der Waals surface area contributed by atoms with E-state index in [1.807, 2.05) is 6.07 Å². The summed E-state index contributed by atoms with van der Waals surface area (Å²) in [6, 6.07) is 19.3. The Kier molecular flexibility index (Phi) is 19.8. The number of methoxy groups -OCH3 is 2. The van der Waals surface area contributed by atoms with Gasteiger partial charge in [-0.3, -0.25) is 9.59 Å². The normalized spacial score (nSPS) is 11.3. The summed E-state index contributed by atoms with van der Waals surface area (Å²) in [7, 11) is 3.06. The largest absolute Gasteiger partial charge is 0.504 e. The number of anilines is 1. The van der Waals surface area contributed by atoms with Gasteiger partial charge in [-0.1, -0.05) is 24.3 Å². The van der Waals surface area contributed by atoms with Crippen LogP contribution in [0.2, 0.25) is 0 Å². The highest BCUT2D eigenvalue weighted by Gasteiger charge is 2.20. The lowest BCUT2D eigenvalue weighted by molar-refractivity contribution is 0.0525. The minimum Gasteiger partial charge on any atom is -0.504 e. The number of aromatic hydroxyl groups is 2. The number of benzene rings is 4. The molecule has 2 amide bonds. The minimum absolute atomic E-state index is 0.0333. The van der Waals surface area contributed by atoms with Crippen LogP contribution in [0.25, 0.3) is 0 Å². The fourth-order valence-corrected chi connectivity index (χ4v) is 5.50. The highest BCUT2D eigenvalue weighted by molar-refractivity contribution is 7.98. The van der Waals surface area contributed by atoms with E-state index in [1.54, 1.807) is 31.2 Å². The van der Waals surface area contributed by atoms with Crippen LogP contribution in [0.3, 0.4) is 0 Å². The van der Waals surface area contributed by atoms with Crippen molar-refractivity contribution in [1.29, 1.82) is 0 Å². The molecule has 1 unspecified atom stereocenters. The van der Waals surface area contributed by atoms with Crippen LogP contribution in [0.4, 0.5) is 10.1 Å². The van der Waals surface area contributed by atoms with Gasteiger partial charge in [-0.05, 0) is 66.6 Å². The predicted molar refractivity (Wildman–Crippen MR) is 212 cm³/mol. The smallest absolute Gasteiger partial charge is 0.338 e. The molecule has 4 aromatic rings. The molecule has 0 heterocycles. The summed E-state index contributed by atoms with van der Waals surface area (Å²) < 4.78 is 40.0. The van der Waals surface area contributed by atoms with Crippen LogP contribution in [-0.4, -0.2) is 110 Å². The van der Waals surface area contributed by atoms with E-state index >= 15 is 0 Å². The van der Waals surface area contributed by atoms with Gasteiger partial charge in [0.1, 0.15) is 19.0 Å². The van der Waals surface area contributed by atoms with Crippen molar-refractivity contribution < 1.29 is 62.9 Å². The summed E-state index contributed by atoms with van der Waals surface area (Å²) in [6.07, 6.45) is 0.469. The summed E-state index contributed by atoms with van der Waals surface area (Å²) in [5.74, 6) is -1.34. The van der Waals surface area contributed by atoms with E-state index < -0.39 is 29.7 Å². The predicted octanol–water partition coefficient (Wildman–Crippen LogP) is 4.75. The molecule has 1 atom stereocenters. The van der Waals surface area contributed by atoms with Gasteiger partial charge in [0.2, 0.25) is 0 Å². The van der Waals surface area contributed by atoms with E-state index in [0.29, 0.717) is 22.6 Å². The third-order valence-electron chi connectivity index (χ3n) is 7.36. The maximum atomic E-state index is 13.5. The molecule has 0 aliphatic carbocycles. The average molecular weight is 812 g/mol. The Morgan fingerprint density at radius 2 is 1.54 bits per heavy atom. The number of esters is 1. The first kappa shape index (κ1) is 45.7. The molecule has 0 aliphatic heterocycles. The van der Waals surface area contributed by atoms with Crippen molar-refractivity contribution in [2.24, 2.45) is 5.10 Å². The monoisotopic (exact) mass is 811 g/mol. The topological polar surface area (TPSA) is 215 Å². The third-order valence-corrected chi connectivity index (χ3v) is 8.52. The van der Waals surface area contributed by atoms with Gasteiger partial charge in [-0.25, -0.2) is 14.6 Å². The third kappa shape index (κ3) is 15.7. The number of aliphatic hydroxyl groups excluding tert-OH is 2. The molecule has 6 N–H and O–H groups in total. The van der Waals surface area contributed by atoms with Crippen molar-refractivity contribution in [1.82, 2.24) is 5.43 Å². The number of hydrogen-bond donors (Lipinski definition) is 6. The quantitative estimate of drug-likeness (QED) is 0.0234. The van der Waals surface area contributed by atoms with E-state index in [-0.39, 0.29) is 79.5 Å². The van der Waals surface area contributed by atoms with Crippen molar-refractivity contribution in [2.45, 2.75) is 18.8 Å². The number of carbonyl (C=O) groups is 3. The zero-order chi connectivity index (χ0) is 41.6. The number of halogens is 1. The van der Waals surface area contributed by atoms with Gasteiger partial charge in [-0.15, -0.1) is 0 Å². The second-order valence-electron chi connectivity index (χ2n) is 11.7. The molecular weight excluding hydrogens is 766 g/mol. The maximum Gasteiger partial charge on any atom is 0.338 e. The lowest BCUT2D eigenvalue weighted by Crippen LogP contribution is -2.22. The minimum atomic E-state index is -0.823. The fraction of sp³-hybridized carbons (Fsp3) is 0.300. The molecule has 4 aromatic carbocycles. The number of hydrogen-bond acceptors (Lipinski definition) is 14. The van der Waals surface area contributed by atoms with E-state index in [4.69, 9.17) is 39.0 Å². The maximum absolute atomic E-state index is 13.5. The number of aliphatic hydroxyl groups is 2. The Labute approximate surface area is 333 Å². The number of nitrogens with zero attached hydrogens (tertiary/aromatic N) is 1. The Morgan fingerprint density at radius 3 is 2.19 bits per heavy atom. The fourth-order valence-electron chi connectivity index (χ4n) is 4.59. The van der Waals surface area contributed by atoms with E-state index in [9.17, 15) is 23.9 Å². The van der Waals surface area contributed by atoms with Crippen molar-refractivity contribution in [3.63, 3.8) is 0 Å².